The van der Waals surface area contributed by atoms with E-state index in [1.165, 1.54) is 30.6 Å². The Kier molecular flexibility index (Phi) is 8.36. The van der Waals surface area contributed by atoms with E-state index in [4.69, 9.17) is 11.3 Å². The van der Waals surface area contributed by atoms with E-state index >= 15 is 0 Å². The van der Waals surface area contributed by atoms with Gasteiger partial charge in [0, 0.05) is 42.8 Å². The first-order valence-corrected chi connectivity index (χ1v) is 14.5. The normalized spacial score (nSPS) is 15.1. The molecule has 44 heavy (non-hydrogen) atoms. The maximum absolute atomic E-state index is 14.3. The van der Waals surface area contributed by atoms with Crippen LogP contribution in [-0.4, -0.2) is 73.5 Å². The summed E-state index contributed by atoms with van der Waals surface area (Å²) in [5.74, 6) is -3.70. The number of carbonyl (C=O) groups excluding carboxylic acids is 1. The van der Waals surface area contributed by atoms with Crippen molar-refractivity contribution in [1.29, 1.82) is 0 Å². The quantitative estimate of drug-likeness (QED) is 0.229. The molecule has 1 atom stereocenters. The van der Waals surface area contributed by atoms with Gasteiger partial charge in [-0.25, -0.2) is 43.1 Å². The molecule has 3 heterocycles. The van der Waals surface area contributed by atoms with Crippen molar-refractivity contribution >= 4 is 38.3 Å². The predicted octanol–water partition coefficient (Wildman–Crippen LogP) is 4.20. The van der Waals surface area contributed by atoms with Crippen molar-refractivity contribution in [1.82, 2.24) is 19.9 Å². The zero-order valence-electron chi connectivity index (χ0n) is 23.2. The number of nitrogens with one attached hydrogen (secondary N) is 1. The highest BCUT2D eigenvalue weighted by Gasteiger charge is 2.34. The van der Waals surface area contributed by atoms with Gasteiger partial charge >= 0.3 is 0 Å². The number of fused-ring (bicyclic) bond motifs is 1. The van der Waals surface area contributed by atoms with Crippen LogP contribution in [0.4, 0.5) is 24.7 Å². The molecule has 2 aromatic heterocycles. The van der Waals surface area contributed by atoms with Gasteiger partial charge in [0.05, 0.1) is 12.6 Å². The number of pyridine rings is 1. The van der Waals surface area contributed by atoms with Crippen LogP contribution in [0.5, 0.6) is 5.88 Å². The van der Waals surface area contributed by atoms with E-state index in [2.05, 4.69) is 31.1 Å². The molecule has 0 unspecified atom stereocenters. The molecule has 1 aliphatic heterocycles. The molecule has 0 spiro atoms. The molecule has 0 aliphatic carbocycles. The van der Waals surface area contributed by atoms with Crippen LogP contribution in [-0.2, 0) is 14.8 Å². The number of rotatable bonds is 8. The zero-order chi connectivity index (χ0) is 31.6. The Morgan fingerprint density at radius 2 is 1.93 bits per heavy atom. The second-order valence-electron chi connectivity index (χ2n) is 9.73. The molecule has 0 radical (unpaired) electrons. The summed E-state index contributed by atoms with van der Waals surface area (Å²) in [5.41, 5.74) is 1.56. The fraction of sp³-hybridized carbons (Fsp3) is 0.207. The van der Waals surface area contributed by atoms with Gasteiger partial charge in [-0.2, -0.15) is 0 Å². The van der Waals surface area contributed by atoms with Crippen LogP contribution in [0.25, 0.3) is 26.9 Å². The lowest BCUT2D eigenvalue weighted by Crippen LogP contribution is -2.56. The molecule has 1 N–H and O–H groups in total. The molecule has 15 heteroatoms. The number of amides is 1. The minimum Gasteiger partial charge on any atom is -0.480 e. The number of benzene rings is 2. The Hall–Kier alpha value is -5.23. The molecule has 1 fully saturated rings. The number of nitrogens with zero attached hydrogens (tertiary/aromatic N) is 6. The minimum atomic E-state index is -4.49. The average molecular weight is 624 g/mol. The van der Waals surface area contributed by atoms with Gasteiger partial charge < -0.3 is 19.4 Å². The maximum Gasteiger partial charge on any atom is 0.282 e. The van der Waals surface area contributed by atoms with Crippen LogP contribution in [0.15, 0.2) is 72.3 Å². The Balaban J connectivity index is 1.50. The lowest BCUT2D eigenvalue weighted by Gasteiger charge is -2.39. The number of carbonyl (C=O) groups is 1. The number of aromatic nitrogens is 3. The van der Waals surface area contributed by atoms with Crippen LogP contribution in [0, 0.1) is 18.2 Å². The van der Waals surface area contributed by atoms with Crippen molar-refractivity contribution < 1.29 is 31.1 Å². The zero-order valence-corrected chi connectivity index (χ0v) is 24.0. The maximum atomic E-state index is 14.3. The monoisotopic (exact) mass is 623 g/mol. The molecule has 1 saturated heterocycles. The van der Waals surface area contributed by atoms with E-state index in [0.29, 0.717) is 40.5 Å². The first-order chi connectivity index (χ1) is 21.0. The highest BCUT2D eigenvalue weighted by molar-refractivity contribution is 7.92. The van der Waals surface area contributed by atoms with Crippen molar-refractivity contribution in [2.45, 2.75) is 10.9 Å². The van der Waals surface area contributed by atoms with E-state index in [1.807, 2.05) is 4.90 Å². The summed E-state index contributed by atoms with van der Waals surface area (Å²) >= 11 is 0. The summed E-state index contributed by atoms with van der Waals surface area (Å²) < 4.78 is 74.7. The third-order valence-corrected chi connectivity index (χ3v) is 8.40. The first kappa shape index (κ1) is 30.2. The van der Waals surface area contributed by atoms with E-state index in [0.717, 1.165) is 12.1 Å². The lowest BCUT2D eigenvalue weighted by atomic mass is 10.0. The predicted molar refractivity (Wildman–Crippen MR) is 156 cm³/mol. The first-order valence-electron chi connectivity index (χ1n) is 13.0. The Morgan fingerprint density at radius 1 is 1.14 bits per heavy atom. The molecule has 226 valence electrons. The molecule has 4 aromatic rings. The van der Waals surface area contributed by atoms with Crippen LogP contribution in [0.2, 0.25) is 0 Å². The molecule has 1 aliphatic rings. The minimum absolute atomic E-state index is 0.0399. The largest absolute Gasteiger partial charge is 0.480 e. The summed E-state index contributed by atoms with van der Waals surface area (Å²) in [6, 6.07) is 8.22. The molecule has 1 amide bonds. The fourth-order valence-electron chi connectivity index (χ4n) is 4.95. The molecular formula is C29H24F3N7O4S. The second kappa shape index (κ2) is 12.2. The molecule has 11 nitrogen and oxygen atoms in total. The van der Waals surface area contributed by atoms with Gasteiger partial charge in [-0.15, -0.1) is 0 Å². The van der Waals surface area contributed by atoms with Gasteiger partial charge in [0.15, 0.2) is 5.83 Å². The third kappa shape index (κ3) is 5.97. The van der Waals surface area contributed by atoms with Gasteiger partial charge in [-0.1, -0.05) is 12.6 Å². The molecule has 0 saturated carbocycles. The summed E-state index contributed by atoms with van der Waals surface area (Å²) in [5, 5.41) is 0.618. The number of hydrogen-bond donors (Lipinski definition) is 1. The number of methoxy groups -OCH3 is 1. The molecular weight excluding hydrogens is 599 g/mol. The van der Waals surface area contributed by atoms with Crippen molar-refractivity contribution in [3.8, 4) is 17.0 Å². The van der Waals surface area contributed by atoms with E-state index in [-0.39, 0.29) is 31.2 Å². The smallest absolute Gasteiger partial charge is 0.282 e. The highest BCUT2D eigenvalue weighted by atomic mass is 32.2. The number of halogens is 3. The van der Waals surface area contributed by atoms with Crippen LogP contribution in [0.3, 0.4) is 0 Å². The van der Waals surface area contributed by atoms with Crippen molar-refractivity contribution in [3.05, 3.63) is 90.4 Å². The summed E-state index contributed by atoms with van der Waals surface area (Å²) in [4.78, 5) is 31.2. The van der Waals surface area contributed by atoms with Crippen LogP contribution >= 0.6 is 0 Å². The fourth-order valence-corrected chi connectivity index (χ4v) is 6.05. The Labute approximate surface area is 250 Å². The number of ether oxygens (including phenoxy) is 1. The highest BCUT2D eigenvalue weighted by Crippen LogP contribution is 2.34. The summed E-state index contributed by atoms with van der Waals surface area (Å²) in [7, 11) is -3.20. The molecule has 0 bridgehead atoms. The topological polar surface area (TPSA) is 122 Å². The van der Waals surface area contributed by atoms with Gasteiger partial charge in [0.25, 0.3) is 15.9 Å². The third-order valence-electron chi connectivity index (χ3n) is 7.00. The van der Waals surface area contributed by atoms with Crippen molar-refractivity contribution in [3.63, 3.8) is 0 Å². The Bertz CT molecular complexity index is 1930. The van der Waals surface area contributed by atoms with E-state index in [1.54, 1.807) is 18.2 Å². The second-order valence-corrected chi connectivity index (χ2v) is 11.4. The SMILES string of the molecule is [C-]#[N+]C[C@H]1CN(c2ncnc3ccc(-c4cnc(OC)c(NS(=O)(=O)c5ccc(F)cc5F)c4)cc23)CCN1C(=O)C(=C)F. The van der Waals surface area contributed by atoms with E-state index in [9.17, 15) is 26.4 Å². The van der Waals surface area contributed by atoms with Gasteiger partial charge in [0.1, 0.15) is 40.4 Å². The number of hydrogen-bond acceptors (Lipinski definition) is 8. The average Bonchev–Trinajstić information content (AvgIpc) is 3.00. The van der Waals surface area contributed by atoms with Crippen molar-refractivity contribution in [2.24, 2.45) is 0 Å². The van der Waals surface area contributed by atoms with Crippen LogP contribution < -0.4 is 14.4 Å². The molecule has 5 rings (SSSR count). The summed E-state index contributed by atoms with van der Waals surface area (Å²) in [6.45, 7) is 11.0. The van der Waals surface area contributed by atoms with Crippen molar-refractivity contribution in [2.75, 3.05) is 42.9 Å². The van der Waals surface area contributed by atoms with Gasteiger partial charge in [-0.05, 0) is 35.9 Å². The number of anilines is 2. The van der Waals surface area contributed by atoms with Crippen LogP contribution in [0.1, 0.15) is 0 Å². The standard InChI is InChI=1S/C29H24F3N7O4S/c1-17(30)29(40)39-9-8-38(15-21(39)14-33-2)27-22-10-18(4-6-24(22)35-16-36-27)19-11-25(28(43-3)34-13-19)37-44(41,42)26-7-5-20(31)12-23(26)32/h4-7,10-13,16,21,37H,1,8-9,14-15H2,3H3/t21-/m0/s1. The summed E-state index contributed by atoms with van der Waals surface area (Å²) in [6.07, 6.45) is 2.85. The molecule has 2 aromatic carbocycles. The number of piperazine rings is 1. The Morgan fingerprint density at radius 3 is 2.64 bits per heavy atom. The number of sulfonamides is 1. The van der Waals surface area contributed by atoms with Gasteiger partial charge in [-0.3, -0.25) is 9.52 Å². The van der Waals surface area contributed by atoms with Gasteiger partial charge in [0.2, 0.25) is 12.4 Å². The van der Waals surface area contributed by atoms with E-state index < -0.39 is 44.3 Å². The lowest BCUT2D eigenvalue weighted by molar-refractivity contribution is -0.131.